The summed E-state index contributed by atoms with van der Waals surface area (Å²) in [5.74, 6) is 0. The summed E-state index contributed by atoms with van der Waals surface area (Å²) >= 11 is 1.87. The van der Waals surface area contributed by atoms with Crippen LogP contribution in [0.3, 0.4) is 0 Å². The molecule has 0 aliphatic heterocycles. The van der Waals surface area contributed by atoms with Crippen molar-refractivity contribution in [1.29, 1.82) is 0 Å². The van der Waals surface area contributed by atoms with Gasteiger partial charge in [0.2, 0.25) is 0 Å². The molecule has 12 rings (SSSR count). The van der Waals surface area contributed by atoms with E-state index in [1.807, 2.05) is 11.3 Å². The minimum Gasteiger partial charge on any atom is -0.309 e. The summed E-state index contributed by atoms with van der Waals surface area (Å²) in [5, 5.41) is 10.1. The van der Waals surface area contributed by atoms with Crippen LogP contribution in [0.2, 0.25) is 0 Å². The number of fused-ring (bicyclic) bond motifs is 10. The molecule has 0 saturated carbocycles. The van der Waals surface area contributed by atoms with E-state index in [0.717, 1.165) is 0 Å². The van der Waals surface area contributed by atoms with Crippen molar-refractivity contribution >= 4 is 85.9 Å². The average molecular weight is 717 g/mol. The number of hydrogen-bond acceptors (Lipinski definition) is 1. The standard InChI is InChI=1S/C52H32N2S/c1-2-14-37(15-3-1)53-45-21-9-6-17-40(45)42-27-25-33(30-48(42)53)34-26-28-43-41-18-7-10-22-46(41)54(49(43)31-34)47-32-36(29-35-13-4-5-16-38(35)47)39-20-12-24-51-52(39)44-19-8-11-23-50(44)55-51/h1-32H. The molecule has 0 bridgehead atoms. The van der Waals surface area contributed by atoms with Crippen LogP contribution < -0.4 is 0 Å². The third kappa shape index (κ3) is 4.54. The van der Waals surface area contributed by atoms with Gasteiger partial charge in [-0.25, -0.2) is 0 Å². The van der Waals surface area contributed by atoms with Gasteiger partial charge in [0, 0.05) is 52.8 Å². The van der Waals surface area contributed by atoms with Crippen molar-refractivity contribution in [2.24, 2.45) is 0 Å². The average Bonchev–Trinajstić information content (AvgIpc) is 3.91. The fraction of sp³-hybridized carbons (Fsp3) is 0. The Balaban J connectivity index is 1.12. The van der Waals surface area contributed by atoms with E-state index in [9.17, 15) is 0 Å². The lowest BCUT2D eigenvalue weighted by atomic mass is 9.96. The second-order valence-corrected chi connectivity index (χ2v) is 15.6. The molecule has 12 aromatic rings. The highest BCUT2D eigenvalue weighted by molar-refractivity contribution is 7.25. The number of hydrogen-bond donors (Lipinski definition) is 0. The number of thiophene rings is 1. The molecule has 0 aliphatic rings. The molecule has 0 saturated heterocycles. The molecule has 0 fully saturated rings. The zero-order chi connectivity index (χ0) is 36.0. The van der Waals surface area contributed by atoms with Gasteiger partial charge in [0.15, 0.2) is 0 Å². The molecule has 256 valence electrons. The van der Waals surface area contributed by atoms with Gasteiger partial charge >= 0.3 is 0 Å². The van der Waals surface area contributed by atoms with E-state index >= 15 is 0 Å². The second-order valence-electron chi connectivity index (χ2n) is 14.5. The maximum absolute atomic E-state index is 2.51. The summed E-state index contributed by atoms with van der Waals surface area (Å²) in [7, 11) is 0. The van der Waals surface area contributed by atoms with Gasteiger partial charge in [0.25, 0.3) is 0 Å². The SMILES string of the molecule is c1ccc(-n2c3ccccc3c3ccc(-c4ccc5c6ccccc6n(-c6cc(-c7cccc8sc9ccccc9c78)cc7ccccc67)c5c4)cc32)cc1. The monoisotopic (exact) mass is 716 g/mol. The molecule has 0 unspecified atom stereocenters. The van der Waals surface area contributed by atoms with Crippen LogP contribution in [0.1, 0.15) is 0 Å². The molecule has 9 aromatic carbocycles. The minimum absolute atomic E-state index is 1.17. The summed E-state index contributed by atoms with van der Waals surface area (Å²) in [4.78, 5) is 0. The first-order chi connectivity index (χ1) is 27.3. The van der Waals surface area contributed by atoms with Crippen LogP contribution in [0.25, 0.3) is 108 Å². The summed E-state index contributed by atoms with van der Waals surface area (Å²) in [6.07, 6.45) is 0. The van der Waals surface area contributed by atoms with Gasteiger partial charge in [0.05, 0.1) is 27.8 Å². The highest BCUT2D eigenvalue weighted by atomic mass is 32.1. The topological polar surface area (TPSA) is 9.86 Å². The Morgan fingerprint density at radius 2 is 0.891 bits per heavy atom. The summed E-state index contributed by atoms with van der Waals surface area (Å²) < 4.78 is 7.55. The van der Waals surface area contributed by atoms with Gasteiger partial charge < -0.3 is 9.13 Å². The van der Waals surface area contributed by atoms with E-state index in [4.69, 9.17) is 0 Å². The summed E-state index contributed by atoms with van der Waals surface area (Å²) in [6.45, 7) is 0. The third-order valence-electron chi connectivity index (χ3n) is 11.5. The molecule has 3 heteroatoms. The molecule has 55 heavy (non-hydrogen) atoms. The zero-order valence-corrected chi connectivity index (χ0v) is 30.6. The van der Waals surface area contributed by atoms with Gasteiger partial charge in [-0.05, 0) is 88.3 Å². The molecule has 0 atom stereocenters. The van der Waals surface area contributed by atoms with Crippen LogP contribution in [0.15, 0.2) is 194 Å². The Morgan fingerprint density at radius 1 is 0.327 bits per heavy atom. The van der Waals surface area contributed by atoms with Gasteiger partial charge in [-0.1, -0.05) is 133 Å². The third-order valence-corrected chi connectivity index (χ3v) is 12.6. The molecule has 0 amide bonds. The summed E-state index contributed by atoms with van der Waals surface area (Å²) in [5.41, 5.74) is 12.1. The first kappa shape index (κ1) is 30.5. The molecule has 0 aliphatic carbocycles. The Kier molecular flexibility index (Phi) is 6.54. The van der Waals surface area contributed by atoms with E-state index in [1.165, 1.54) is 108 Å². The number of aromatic nitrogens is 2. The molecule has 0 radical (unpaired) electrons. The van der Waals surface area contributed by atoms with Crippen LogP contribution in [0.4, 0.5) is 0 Å². The zero-order valence-electron chi connectivity index (χ0n) is 29.8. The molecule has 0 spiro atoms. The second kappa shape index (κ2) is 11.8. The Bertz CT molecular complexity index is 3490. The van der Waals surface area contributed by atoms with Gasteiger partial charge in [-0.3, -0.25) is 0 Å². The van der Waals surface area contributed by atoms with E-state index in [1.54, 1.807) is 0 Å². The molecule has 2 nitrogen and oxygen atoms in total. The largest absolute Gasteiger partial charge is 0.309 e. The van der Waals surface area contributed by atoms with Crippen molar-refractivity contribution in [2.75, 3.05) is 0 Å². The van der Waals surface area contributed by atoms with Crippen molar-refractivity contribution in [2.45, 2.75) is 0 Å². The van der Waals surface area contributed by atoms with Crippen molar-refractivity contribution in [1.82, 2.24) is 9.13 Å². The normalized spacial score (nSPS) is 12.0. The van der Waals surface area contributed by atoms with E-state index in [2.05, 4.69) is 203 Å². The first-order valence-corrected chi connectivity index (χ1v) is 19.7. The predicted molar refractivity (Wildman–Crippen MR) is 236 cm³/mol. The fourth-order valence-corrected chi connectivity index (χ4v) is 10.2. The van der Waals surface area contributed by atoms with Gasteiger partial charge in [0.1, 0.15) is 0 Å². The van der Waals surface area contributed by atoms with Crippen molar-refractivity contribution in [3.63, 3.8) is 0 Å². The smallest absolute Gasteiger partial charge is 0.0547 e. The van der Waals surface area contributed by atoms with E-state index < -0.39 is 0 Å². The van der Waals surface area contributed by atoms with Crippen LogP contribution in [-0.4, -0.2) is 9.13 Å². The molecule has 0 N–H and O–H groups in total. The lowest BCUT2D eigenvalue weighted by molar-refractivity contribution is 1.18. The molecular formula is C52H32N2S. The molecule has 3 heterocycles. The fourth-order valence-electron chi connectivity index (χ4n) is 9.06. The maximum Gasteiger partial charge on any atom is 0.0547 e. The Morgan fingerprint density at radius 3 is 1.64 bits per heavy atom. The van der Waals surface area contributed by atoms with Crippen molar-refractivity contribution in [3.8, 4) is 33.6 Å². The molecule has 3 aromatic heterocycles. The van der Waals surface area contributed by atoms with Crippen LogP contribution in [0.5, 0.6) is 0 Å². The number of benzene rings is 9. The van der Waals surface area contributed by atoms with Gasteiger partial charge in [-0.2, -0.15) is 0 Å². The van der Waals surface area contributed by atoms with Crippen LogP contribution in [0, 0.1) is 0 Å². The quantitative estimate of drug-likeness (QED) is 0.172. The molecular weight excluding hydrogens is 685 g/mol. The number of para-hydroxylation sites is 3. The van der Waals surface area contributed by atoms with Crippen LogP contribution >= 0.6 is 11.3 Å². The lowest BCUT2D eigenvalue weighted by Crippen LogP contribution is -1.97. The van der Waals surface area contributed by atoms with Crippen LogP contribution in [-0.2, 0) is 0 Å². The highest BCUT2D eigenvalue weighted by Gasteiger charge is 2.19. The predicted octanol–water partition coefficient (Wildman–Crippen LogP) is 14.7. The number of nitrogens with zero attached hydrogens (tertiary/aromatic N) is 2. The maximum atomic E-state index is 2.51. The van der Waals surface area contributed by atoms with E-state index in [-0.39, 0.29) is 0 Å². The first-order valence-electron chi connectivity index (χ1n) is 18.8. The van der Waals surface area contributed by atoms with Gasteiger partial charge in [-0.15, -0.1) is 11.3 Å². The van der Waals surface area contributed by atoms with E-state index in [0.29, 0.717) is 0 Å². The number of rotatable bonds is 4. The highest BCUT2D eigenvalue weighted by Crippen LogP contribution is 2.43. The summed E-state index contributed by atoms with van der Waals surface area (Å²) in [6, 6.07) is 71.5. The van der Waals surface area contributed by atoms with Crippen molar-refractivity contribution < 1.29 is 0 Å². The van der Waals surface area contributed by atoms with Crippen molar-refractivity contribution in [3.05, 3.63) is 194 Å². The Labute approximate surface area is 321 Å². The lowest BCUT2D eigenvalue weighted by Gasteiger charge is -2.16. The minimum atomic E-state index is 1.17. The Hall–Kier alpha value is -6.94.